The number of rotatable bonds is 7. The van der Waals surface area contributed by atoms with Gasteiger partial charge in [0.1, 0.15) is 5.75 Å². The Morgan fingerprint density at radius 1 is 1.29 bits per heavy atom. The van der Waals surface area contributed by atoms with Gasteiger partial charge in [0.25, 0.3) is 0 Å². The first-order chi connectivity index (χ1) is 13.5. The molecular weight excluding hydrogens is 364 g/mol. The predicted octanol–water partition coefficient (Wildman–Crippen LogP) is 3.42. The first-order valence-corrected chi connectivity index (χ1v) is 9.27. The van der Waals surface area contributed by atoms with E-state index >= 15 is 0 Å². The Morgan fingerprint density at radius 2 is 2.04 bits per heavy atom. The maximum Gasteiger partial charge on any atom is 0.339 e. The van der Waals surface area contributed by atoms with Crippen molar-refractivity contribution in [3.63, 3.8) is 0 Å². The molecule has 2 aromatic rings. The van der Waals surface area contributed by atoms with Gasteiger partial charge in [-0.1, -0.05) is 12.1 Å². The largest absolute Gasteiger partial charge is 0.497 e. The van der Waals surface area contributed by atoms with E-state index in [1.807, 2.05) is 12.1 Å². The van der Waals surface area contributed by atoms with Gasteiger partial charge >= 0.3 is 11.2 Å². The molecule has 0 bridgehead atoms. The highest BCUT2D eigenvalue weighted by Gasteiger charge is 2.28. The average Bonchev–Trinajstić information content (AvgIpc) is 2.70. The summed E-state index contributed by atoms with van der Waals surface area (Å²) in [5.41, 5.74) is -0.0161. The molecule has 0 radical (unpaired) electrons. The number of methoxy groups -OCH3 is 1. The fourth-order valence-electron chi connectivity index (χ4n) is 3.26. The van der Waals surface area contributed by atoms with Crippen LogP contribution in [0, 0.1) is 10.1 Å². The molecule has 3 rings (SSSR count). The molecular formula is C20H24N2O6. The van der Waals surface area contributed by atoms with E-state index < -0.39 is 28.6 Å². The molecule has 1 aromatic heterocycles. The molecule has 2 heterocycles. The van der Waals surface area contributed by atoms with Crippen LogP contribution in [0.3, 0.4) is 0 Å². The normalized spacial score (nSPS) is 17.9. The highest BCUT2D eigenvalue weighted by molar-refractivity contribution is 5.39. The van der Waals surface area contributed by atoms with Crippen molar-refractivity contribution in [2.75, 3.05) is 13.7 Å². The van der Waals surface area contributed by atoms with Crippen LogP contribution in [0.5, 0.6) is 5.75 Å². The van der Waals surface area contributed by atoms with Crippen molar-refractivity contribution in [2.45, 2.75) is 45.1 Å². The number of benzene rings is 1. The molecule has 28 heavy (non-hydrogen) atoms. The van der Waals surface area contributed by atoms with Gasteiger partial charge in [-0.2, -0.15) is 0 Å². The second-order valence-corrected chi connectivity index (χ2v) is 6.73. The maximum atomic E-state index is 12.8. The zero-order chi connectivity index (χ0) is 20.1. The standard InChI is InChI=1S/C20H24N2O6/c1-14(28-18-5-3-4-12-27-18)17-10-11-21(20(23)19(17)22(24)25)13-15-6-8-16(26-2)9-7-15/h6-11,14,18H,3-5,12-13H2,1-2H3. The summed E-state index contributed by atoms with van der Waals surface area (Å²) in [5, 5.41) is 11.6. The van der Waals surface area contributed by atoms with Crippen molar-refractivity contribution in [2.24, 2.45) is 0 Å². The van der Waals surface area contributed by atoms with Crippen LogP contribution in [-0.2, 0) is 16.0 Å². The highest BCUT2D eigenvalue weighted by atomic mass is 16.7. The summed E-state index contributed by atoms with van der Waals surface area (Å²) in [6.45, 7) is 2.54. The summed E-state index contributed by atoms with van der Waals surface area (Å²) < 4.78 is 17.8. The zero-order valence-corrected chi connectivity index (χ0v) is 16.0. The van der Waals surface area contributed by atoms with Crippen LogP contribution < -0.4 is 10.3 Å². The number of aromatic nitrogens is 1. The smallest absolute Gasteiger partial charge is 0.339 e. The van der Waals surface area contributed by atoms with Crippen LogP contribution in [0.1, 0.15) is 43.4 Å². The van der Waals surface area contributed by atoms with Crippen LogP contribution >= 0.6 is 0 Å². The quantitative estimate of drug-likeness (QED) is 0.533. The van der Waals surface area contributed by atoms with Crippen molar-refractivity contribution in [1.29, 1.82) is 0 Å². The molecule has 1 saturated heterocycles. The third kappa shape index (κ3) is 4.58. The van der Waals surface area contributed by atoms with Gasteiger partial charge in [0.05, 0.1) is 30.2 Å². The minimum atomic E-state index is -0.654. The van der Waals surface area contributed by atoms with Crippen molar-refractivity contribution in [3.05, 3.63) is 68.1 Å². The lowest BCUT2D eigenvalue weighted by Crippen LogP contribution is -2.27. The maximum absolute atomic E-state index is 12.8. The van der Waals surface area contributed by atoms with Gasteiger partial charge in [-0.05, 0) is 49.9 Å². The van der Waals surface area contributed by atoms with Crippen LogP contribution in [-0.4, -0.2) is 29.5 Å². The van der Waals surface area contributed by atoms with E-state index in [-0.39, 0.29) is 12.1 Å². The summed E-state index contributed by atoms with van der Waals surface area (Å²) in [6.07, 6.45) is 3.26. The molecule has 8 nitrogen and oxygen atoms in total. The molecule has 1 aliphatic heterocycles. The Hall–Kier alpha value is -2.71. The molecule has 1 aliphatic rings. The lowest BCUT2D eigenvalue weighted by molar-refractivity contribution is -0.388. The molecule has 2 atom stereocenters. The Labute approximate surface area is 162 Å². The van der Waals surface area contributed by atoms with Crippen molar-refractivity contribution < 1.29 is 19.1 Å². The van der Waals surface area contributed by atoms with E-state index in [4.69, 9.17) is 14.2 Å². The molecule has 0 N–H and O–H groups in total. The topological polar surface area (TPSA) is 92.8 Å². The molecule has 2 unspecified atom stereocenters. The Balaban J connectivity index is 1.85. The van der Waals surface area contributed by atoms with Crippen molar-refractivity contribution in [1.82, 2.24) is 4.57 Å². The second kappa shape index (κ2) is 8.99. The molecule has 1 aromatic carbocycles. The molecule has 0 spiro atoms. The Bertz CT molecular complexity index is 871. The lowest BCUT2D eigenvalue weighted by atomic mass is 10.1. The highest BCUT2D eigenvalue weighted by Crippen LogP contribution is 2.28. The summed E-state index contributed by atoms with van der Waals surface area (Å²) in [5.74, 6) is 0.702. The van der Waals surface area contributed by atoms with Crippen molar-refractivity contribution in [3.8, 4) is 5.75 Å². The molecule has 150 valence electrons. The molecule has 1 fully saturated rings. The number of hydrogen-bond donors (Lipinski definition) is 0. The Morgan fingerprint density at radius 3 is 2.64 bits per heavy atom. The molecule has 0 amide bonds. The minimum absolute atomic E-state index is 0.227. The number of pyridine rings is 1. The number of ether oxygens (including phenoxy) is 3. The van der Waals surface area contributed by atoms with E-state index in [0.29, 0.717) is 12.4 Å². The SMILES string of the molecule is COc1ccc(Cn2ccc(C(C)OC3CCCCO3)c([N+](=O)[O-])c2=O)cc1. The van der Waals surface area contributed by atoms with Gasteiger partial charge in [-0.3, -0.25) is 14.9 Å². The van der Waals surface area contributed by atoms with Crippen LogP contribution in [0.25, 0.3) is 0 Å². The van der Waals surface area contributed by atoms with E-state index in [2.05, 4.69) is 0 Å². The zero-order valence-electron chi connectivity index (χ0n) is 16.0. The number of hydrogen-bond acceptors (Lipinski definition) is 6. The van der Waals surface area contributed by atoms with Crippen LogP contribution in [0.4, 0.5) is 5.69 Å². The summed E-state index contributed by atoms with van der Waals surface area (Å²) in [7, 11) is 1.57. The average molecular weight is 388 g/mol. The third-order valence-corrected chi connectivity index (χ3v) is 4.80. The van der Waals surface area contributed by atoms with Crippen LogP contribution in [0.15, 0.2) is 41.3 Å². The van der Waals surface area contributed by atoms with Gasteiger partial charge in [-0.15, -0.1) is 0 Å². The van der Waals surface area contributed by atoms with Gasteiger partial charge in [0.15, 0.2) is 6.29 Å². The van der Waals surface area contributed by atoms with E-state index in [9.17, 15) is 14.9 Å². The fraction of sp³-hybridized carbons (Fsp3) is 0.450. The predicted molar refractivity (Wildman–Crippen MR) is 103 cm³/mol. The van der Waals surface area contributed by atoms with Crippen LogP contribution in [0.2, 0.25) is 0 Å². The number of nitrogens with zero attached hydrogens (tertiary/aromatic N) is 2. The van der Waals surface area contributed by atoms with E-state index in [1.54, 1.807) is 38.4 Å². The summed E-state index contributed by atoms with van der Waals surface area (Å²) >= 11 is 0. The molecule has 8 heteroatoms. The fourth-order valence-corrected chi connectivity index (χ4v) is 3.26. The van der Waals surface area contributed by atoms with E-state index in [0.717, 1.165) is 24.8 Å². The first-order valence-electron chi connectivity index (χ1n) is 9.27. The lowest BCUT2D eigenvalue weighted by Gasteiger charge is -2.26. The summed E-state index contributed by atoms with van der Waals surface area (Å²) in [6, 6.07) is 8.78. The monoisotopic (exact) mass is 388 g/mol. The van der Waals surface area contributed by atoms with Gasteiger partial charge in [-0.25, -0.2) is 0 Å². The Kier molecular flexibility index (Phi) is 6.43. The minimum Gasteiger partial charge on any atom is -0.497 e. The first kappa shape index (κ1) is 20.0. The second-order valence-electron chi connectivity index (χ2n) is 6.73. The van der Waals surface area contributed by atoms with E-state index in [1.165, 1.54) is 4.57 Å². The summed E-state index contributed by atoms with van der Waals surface area (Å²) in [4.78, 5) is 23.7. The number of nitro groups is 1. The van der Waals surface area contributed by atoms with Crippen molar-refractivity contribution >= 4 is 5.69 Å². The molecule has 0 aliphatic carbocycles. The van der Waals surface area contributed by atoms with Gasteiger partial charge < -0.3 is 18.8 Å². The van der Waals surface area contributed by atoms with Gasteiger partial charge in [0.2, 0.25) is 0 Å². The third-order valence-electron chi connectivity index (χ3n) is 4.80. The van der Waals surface area contributed by atoms with Gasteiger partial charge in [0, 0.05) is 12.8 Å². The molecule has 0 saturated carbocycles.